The number of anilines is 2. The monoisotopic (exact) mass is 417 g/mol. The van der Waals surface area contributed by atoms with Gasteiger partial charge in [0.15, 0.2) is 0 Å². The number of halogens is 1. The van der Waals surface area contributed by atoms with Gasteiger partial charge in [-0.1, -0.05) is 35.8 Å². The zero-order valence-corrected chi connectivity index (χ0v) is 16.1. The summed E-state index contributed by atoms with van der Waals surface area (Å²) in [6.07, 6.45) is 0. The molecule has 6 nitrogen and oxygen atoms in total. The normalized spacial score (nSPS) is 10.3. The van der Waals surface area contributed by atoms with E-state index < -0.39 is 0 Å². The van der Waals surface area contributed by atoms with Crippen LogP contribution >= 0.6 is 15.9 Å². The molecule has 0 aromatic heterocycles. The molecule has 2 aromatic carbocycles. The Morgan fingerprint density at radius 3 is 2.15 bits per heavy atom. The number of carbonyl (C=O) groups excluding carboxylic acids is 3. The van der Waals surface area contributed by atoms with Crippen molar-refractivity contribution in [3.05, 3.63) is 58.6 Å². The summed E-state index contributed by atoms with van der Waals surface area (Å²) in [5.74, 6) is -0.846. The third-order valence-corrected chi connectivity index (χ3v) is 3.95. The predicted molar refractivity (Wildman–Crippen MR) is 105 cm³/mol. The van der Waals surface area contributed by atoms with Gasteiger partial charge in [0.05, 0.1) is 6.54 Å². The predicted octanol–water partition coefficient (Wildman–Crippen LogP) is 3.41. The lowest BCUT2D eigenvalue weighted by Crippen LogP contribution is -2.32. The average molecular weight is 418 g/mol. The third kappa shape index (κ3) is 6.00. The second-order valence-corrected chi connectivity index (χ2v) is 6.88. The zero-order valence-electron chi connectivity index (χ0n) is 14.5. The minimum absolute atomic E-state index is 0.0722. The summed E-state index contributed by atoms with van der Waals surface area (Å²) in [5.41, 5.74) is 1.70. The number of rotatable bonds is 6. The topological polar surface area (TPSA) is 87.3 Å². The zero-order chi connectivity index (χ0) is 19.1. The SMILES string of the molecule is CC(C)C(=O)Nc1ccc(NC(=O)CNC(=O)c2cccc(Br)c2)cc1. The molecule has 0 unspecified atom stereocenters. The summed E-state index contributed by atoms with van der Waals surface area (Å²) < 4.78 is 0.791. The standard InChI is InChI=1S/C19H20BrN3O3/c1-12(2)18(25)23-16-8-6-15(7-9-16)22-17(24)11-21-19(26)13-4-3-5-14(20)10-13/h3-10,12H,11H2,1-2H3,(H,21,26)(H,22,24)(H,23,25). The van der Waals surface area contributed by atoms with Crippen LogP contribution in [0.2, 0.25) is 0 Å². The van der Waals surface area contributed by atoms with Gasteiger partial charge in [-0.15, -0.1) is 0 Å². The van der Waals surface area contributed by atoms with Crippen molar-refractivity contribution in [1.82, 2.24) is 5.32 Å². The van der Waals surface area contributed by atoms with Gasteiger partial charge in [-0.3, -0.25) is 14.4 Å². The molecule has 0 radical (unpaired) electrons. The third-order valence-electron chi connectivity index (χ3n) is 3.46. The lowest BCUT2D eigenvalue weighted by atomic mass is 10.2. The van der Waals surface area contributed by atoms with E-state index in [9.17, 15) is 14.4 Å². The van der Waals surface area contributed by atoms with E-state index in [0.717, 1.165) is 4.47 Å². The Morgan fingerprint density at radius 2 is 1.58 bits per heavy atom. The van der Waals surface area contributed by atoms with Gasteiger partial charge in [0.2, 0.25) is 11.8 Å². The van der Waals surface area contributed by atoms with Gasteiger partial charge in [-0.05, 0) is 42.5 Å². The van der Waals surface area contributed by atoms with Crippen LogP contribution in [0.4, 0.5) is 11.4 Å². The number of benzene rings is 2. The van der Waals surface area contributed by atoms with E-state index in [4.69, 9.17) is 0 Å². The molecule has 0 saturated carbocycles. The fourth-order valence-corrected chi connectivity index (χ4v) is 2.42. The van der Waals surface area contributed by atoms with Crippen molar-refractivity contribution < 1.29 is 14.4 Å². The van der Waals surface area contributed by atoms with Gasteiger partial charge >= 0.3 is 0 Å². The largest absolute Gasteiger partial charge is 0.343 e. The minimum Gasteiger partial charge on any atom is -0.343 e. The Kier molecular flexibility index (Phi) is 6.91. The van der Waals surface area contributed by atoms with Crippen molar-refractivity contribution in [2.75, 3.05) is 17.2 Å². The highest BCUT2D eigenvalue weighted by molar-refractivity contribution is 9.10. The van der Waals surface area contributed by atoms with Crippen LogP contribution in [-0.4, -0.2) is 24.3 Å². The van der Waals surface area contributed by atoms with E-state index in [1.54, 1.807) is 42.5 Å². The number of carbonyl (C=O) groups is 3. The van der Waals surface area contributed by atoms with E-state index in [0.29, 0.717) is 16.9 Å². The molecule has 0 aliphatic rings. The van der Waals surface area contributed by atoms with E-state index in [2.05, 4.69) is 31.9 Å². The molecule has 0 aliphatic carbocycles. The van der Waals surface area contributed by atoms with E-state index >= 15 is 0 Å². The molecule has 0 fully saturated rings. The van der Waals surface area contributed by atoms with Crippen LogP contribution in [0.3, 0.4) is 0 Å². The van der Waals surface area contributed by atoms with Crippen molar-refractivity contribution in [2.24, 2.45) is 5.92 Å². The number of nitrogens with one attached hydrogen (secondary N) is 3. The van der Waals surface area contributed by atoms with Crippen LogP contribution in [0, 0.1) is 5.92 Å². The highest BCUT2D eigenvalue weighted by Crippen LogP contribution is 2.14. The molecule has 2 rings (SSSR count). The summed E-state index contributed by atoms with van der Waals surface area (Å²) in [7, 11) is 0. The molecule has 0 aliphatic heterocycles. The number of amides is 3. The Hall–Kier alpha value is -2.67. The fraction of sp³-hybridized carbons (Fsp3) is 0.211. The van der Waals surface area contributed by atoms with Crippen molar-refractivity contribution in [3.63, 3.8) is 0 Å². The summed E-state index contributed by atoms with van der Waals surface area (Å²) in [5, 5.41) is 8.03. The molecule has 0 spiro atoms. The molecular weight excluding hydrogens is 398 g/mol. The molecule has 7 heteroatoms. The molecule has 3 amide bonds. The minimum atomic E-state index is -0.340. The van der Waals surface area contributed by atoms with Gasteiger partial charge in [0, 0.05) is 27.3 Å². The summed E-state index contributed by atoms with van der Waals surface area (Å²) in [4.78, 5) is 35.6. The van der Waals surface area contributed by atoms with Crippen LogP contribution in [0.25, 0.3) is 0 Å². The van der Waals surface area contributed by atoms with Gasteiger partial charge in [0.1, 0.15) is 0 Å². The highest BCUT2D eigenvalue weighted by atomic mass is 79.9. The maximum absolute atomic E-state index is 12.0. The molecule has 136 valence electrons. The fourth-order valence-electron chi connectivity index (χ4n) is 2.02. The van der Waals surface area contributed by atoms with Crippen LogP contribution in [0.15, 0.2) is 53.0 Å². The molecule has 3 N–H and O–H groups in total. The first kappa shape index (κ1) is 19.7. The summed E-state index contributed by atoms with van der Waals surface area (Å²) >= 11 is 3.30. The van der Waals surface area contributed by atoms with Gasteiger partial charge in [-0.25, -0.2) is 0 Å². The molecule has 2 aromatic rings. The summed E-state index contributed by atoms with van der Waals surface area (Å²) in [6.45, 7) is 3.48. The first-order chi connectivity index (χ1) is 12.3. The lowest BCUT2D eigenvalue weighted by molar-refractivity contribution is -0.119. The molecule has 0 heterocycles. The Labute approximate surface area is 160 Å². The maximum atomic E-state index is 12.0. The van der Waals surface area contributed by atoms with E-state index in [1.807, 2.05) is 19.9 Å². The van der Waals surface area contributed by atoms with Crippen molar-refractivity contribution >= 4 is 45.0 Å². The first-order valence-corrected chi connectivity index (χ1v) is 8.89. The smallest absolute Gasteiger partial charge is 0.251 e. The van der Waals surface area contributed by atoms with Gasteiger partial charge < -0.3 is 16.0 Å². The van der Waals surface area contributed by atoms with Crippen molar-refractivity contribution in [2.45, 2.75) is 13.8 Å². The molecule has 0 bridgehead atoms. The molecule has 0 atom stereocenters. The lowest BCUT2D eigenvalue weighted by Gasteiger charge is -2.10. The van der Waals surface area contributed by atoms with Crippen molar-refractivity contribution in [1.29, 1.82) is 0 Å². The average Bonchev–Trinajstić information content (AvgIpc) is 2.61. The maximum Gasteiger partial charge on any atom is 0.251 e. The second kappa shape index (κ2) is 9.15. The quantitative estimate of drug-likeness (QED) is 0.672. The molecule has 26 heavy (non-hydrogen) atoms. The first-order valence-electron chi connectivity index (χ1n) is 8.09. The molecular formula is C19H20BrN3O3. The number of hydrogen-bond donors (Lipinski definition) is 3. The Bertz CT molecular complexity index is 804. The number of hydrogen-bond acceptors (Lipinski definition) is 3. The van der Waals surface area contributed by atoms with Gasteiger partial charge in [-0.2, -0.15) is 0 Å². The second-order valence-electron chi connectivity index (χ2n) is 5.96. The van der Waals surface area contributed by atoms with Crippen molar-refractivity contribution in [3.8, 4) is 0 Å². The van der Waals surface area contributed by atoms with E-state index in [-0.39, 0.29) is 30.2 Å². The summed E-state index contributed by atoms with van der Waals surface area (Å²) in [6, 6.07) is 13.7. The van der Waals surface area contributed by atoms with Gasteiger partial charge in [0.25, 0.3) is 5.91 Å². The van der Waals surface area contributed by atoms with Crippen LogP contribution in [0.1, 0.15) is 24.2 Å². The van der Waals surface area contributed by atoms with E-state index in [1.165, 1.54) is 0 Å². The Morgan fingerprint density at radius 1 is 0.962 bits per heavy atom. The van der Waals surface area contributed by atoms with Crippen LogP contribution in [0.5, 0.6) is 0 Å². The van der Waals surface area contributed by atoms with Crippen LogP contribution in [-0.2, 0) is 9.59 Å². The van der Waals surface area contributed by atoms with Crippen LogP contribution < -0.4 is 16.0 Å². The highest BCUT2D eigenvalue weighted by Gasteiger charge is 2.09. The Balaban J connectivity index is 1.84. The molecule has 0 saturated heterocycles.